The fourth-order valence-electron chi connectivity index (χ4n) is 4.23. The predicted octanol–water partition coefficient (Wildman–Crippen LogP) is -7.00. The number of rotatable bonds is 8. The minimum Gasteiger partial charge on any atom is -0.463 e. The van der Waals surface area contributed by atoms with Gasteiger partial charge in [0, 0.05) is 6.92 Å². The van der Waals surface area contributed by atoms with Gasteiger partial charge in [0.25, 0.3) is 0 Å². The average molecular weight is 546 g/mol. The molecule has 0 aromatic carbocycles. The van der Waals surface area contributed by atoms with Crippen LogP contribution in [0.5, 0.6) is 0 Å². The first-order valence-electron chi connectivity index (χ1n) is 11.5. The second-order valence-corrected chi connectivity index (χ2v) is 8.95. The molecule has 3 saturated heterocycles. The molecule has 10 N–H and O–H groups in total. The van der Waals surface area contributed by atoms with Crippen LogP contribution in [0.25, 0.3) is 0 Å². The molecule has 3 aliphatic heterocycles. The van der Waals surface area contributed by atoms with Gasteiger partial charge in [-0.3, -0.25) is 4.79 Å². The monoisotopic (exact) mass is 546 g/mol. The largest absolute Gasteiger partial charge is 0.463 e. The van der Waals surface area contributed by atoms with Gasteiger partial charge in [-0.15, -0.1) is 0 Å². The van der Waals surface area contributed by atoms with E-state index in [2.05, 4.69) is 0 Å². The first-order chi connectivity index (χ1) is 17.4. The molecule has 0 bridgehead atoms. The highest BCUT2D eigenvalue weighted by molar-refractivity contribution is 5.65. The number of aliphatic hydroxyl groups excluding tert-OH is 10. The Hall–Kier alpha value is -1.13. The highest BCUT2D eigenvalue weighted by Gasteiger charge is 2.54. The predicted molar refractivity (Wildman–Crippen MR) is 111 cm³/mol. The van der Waals surface area contributed by atoms with Crippen molar-refractivity contribution in [3.8, 4) is 0 Å². The quantitative estimate of drug-likeness (QED) is 0.127. The van der Waals surface area contributed by atoms with Crippen LogP contribution in [0.1, 0.15) is 6.92 Å². The smallest absolute Gasteiger partial charge is 0.302 e. The molecule has 3 fully saturated rings. The molecule has 0 aliphatic carbocycles. The molecule has 3 heterocycles. The Labute approximate surface area is 209 Å². The van der Waals surface area contributed by atoms with Gasteiger partial charge in [0.1, 0.15) is 79.9 Å². The van der Waals surface area contributed by atoms with Gasteiger partial charge >= 0.3 is 5.97 Å². The van der Waals surface area contributed by atoms with Crippen LogP contribution in [0.3, 0.4) is 0 Å². The van der Waals surface area contributed by atoms with Crippen LogP contribution >= 0.6 is 0 Å². The van der Waals surface area contributed by atoms with Crippen molar-refractivity contribution in [3.05, 3.63) is 0 Å². The molecular weight excluding hydrogens is 512 g/mol. The van der Waals surface area contributed by atoms with E-state index in [1.807, 2.05) is 0 Å². The van der Waals surface area contributed by atoms with E-state index in [1.165, 1.54) is 0 Å². The Morgan fingerprint density at radius 2 is 1.11 bits per heavy atom. The summed E-state index contributed by atoms with van der Waals surface area (Å²) in [5, 5.41) is 101. The van der Waals surface area contributed by atoms with Crippen molar-refractivity contribution < 1.29 is 84.3 Å². The van der Waals surface area contributed by atoms with Crippen LogP contribution < -0.4 is 0 Å². The summed E-state index contributed by atoms with van der Waals surface area (Å²) in [6, 6.07) is 0. The van der Waals surface area contributed by atoms with Gasteiger partial charge in [-0.05, 0) is 0 Å². The number of esters is 1. The van der Waals surface area contributed by atoms with Crippen molar-refractivity contribution in [2.45, 2.75) is 99.0 Å². The van der Waals surface area contributed by atoms with Crippen LogP contribution in [0, 0.1) is 0 Å². The van der Waals surface area contributed by atoms with Crippen molar-refractivity contribution in [1.82, 2.24) is 0 Å². The zero-order valence-electron chi connectivity index (χ0n) is 19.6. The van der Waals surface area contributed by atoms with Crippen molar-refractivity contribution in [1.29, 1.82) is 0 Å². The first-order valence-corrected chi connectivity index (χ1v) is 11.5. The van der Waals surface area contributed by atoms with Gasteiger partial charge in [0.15, 0.2) is 18.9 Å². The topological polar surface area (TPSA) is 275 Å². The van der Waals surface area contributed by atoms with E-state index in [9.17, 15) is 55.9 Å². The van der Waals surface area contributed by atoms with Gasteiger partial charge in [-0.2, -0.15) is 0 Å². The summed E-state index contributed by atoms with van der Waals surface area (Å²) in [7, 11) is 0. The maximum absolute atomic E-state index is 11.1. The Bertz CT molecular complexity index is 740. The molecule has 37 heavy (non-hydrogen) atoms. The molecule has 0 radical (unpaired) electrons. The standard InChI is InChI=1S/C20H34O17/c1-5(23)32-4-8-10(25)12(27)14(29)20(35-8)37-17-15(30)18(31)33-7(3-22)16(17)36-19-13(28)11(26)9(24)6(2-21)34-19/h6-22,24-31H,2-4H2,1H3/t6-,7-,8-,9-,10-,11+,12+,13-,14+,15-,16-,17-,18?,19+,20-/m1/s1. The van der Waals surface area contributed by atoms with Crippen LogP contribution in [-0.4, -0.2) is 169 Å². The van der Waals surface area contributed by atoms with Gasteiger partial charge < -0.3 is 79.5 Å². The van der Waals surface area contributed by atoms with E-state index in [1.54, 1.807) is 0 Å². The highest BCUT2D eigenvalue weighted by Crippen LogP contribution is 2.32. The van der Waals surface area contributed by atoms with Crippen LogP contribution in [0.4, 0.5) is 0 Å². The third kappa shape index (κ3) is 6.55. The molecule has 0 aromatic rings. The zero-order valence-corrected chi connectivity index (χ0v) is 19.6. The van der Waals surface area contributed by atoms with E-state index in [4.69, 9.17) is 28.4 Å². The van der Waals surface area contributed by atoms with Crippen molar-refractivity contribution >= 4 is 5.97 Å². The minimum atomic E-state index is -1.95. The molecule has 3 aliphatic rings. The molecule has 0 saturated carbocycles. The summed E-state index contributed by atoms with van der Waals surface area (Å²) < 4.78 is 31.8. The maximum atomic E-state index is 11.1. The lowest BCUT2D eigenvalue weighted by Crippen LogP contribution is -2.67. The van der Waals surface area contributed by atoms with E-state index in [0.29, 0.717) is 0 Å². The lowest BCUT2D eigenvalue weighted by Gasteiger charge is -2.48. The van der Waals surface area contributed by atoms with Crippen molar-refractivity contribution in [2.75, 3.05) is 19.8 Å². The second kappa shape index (κ2) is 12.8. The summed E-state index contributed by atoms with van der Waals surface area (Å²) in [6.07, 6.45) is -25.9. The van der Waals surface area contributed by atoms with E-state index >= 15 is 0 Å². The zero-order chi connectivity index (χ0) is 27.6. The van der Waals surface area contributed by atoms with E-state index in [-0.39, 0.29) is 0 Å². The summed E-state index contributed by atoms with van der Waals surface area (Å²) in [6.45, 7) is -1.06. The Balaban J connectivity index is 1.83. The van der Waals surface area contributed by atoms with Gasteiger partial charge in [-0.25, -0.2) is 0 Å². The number of carbonyl (C=O) groups excluding carboxylic acids is 1. The molecule has 0 spiro atoms. The summed E-state index contributed by atoms with van der Waals surface area (Å²) in [5.74, 6) is -0.726. The molecule has 17 nitrogen and oxygen atoms in total. The van der Waals surface area contributed by atoms with Gasteiger partial charge in [0.2, 0.25) is 0 Å². The van der Waals surface area contributed by atoms with E-state index in [0.717, 1.165) is 6.92 Å². The highest BCUT2D eigenvalue weighted by atomic mass is 16.8. The van der Waals surface area contributed by atoms with E-state index < -0.39 is 118 Å². The fourth-order valence-corrected chi connectivity index (χ4v) is 4.23. The van der Waals surface area contributed by atoms with Crippen molar-refractivity contribution in [3.63, 3.8) is 0 Å². The fraction of sp³-hybridized carbons (Fsp3) is 0.950. The average Bonchev–Trinajstić information content (AvgIpc) is 2.87. The Kier molecular flexibility index (Phi) is 10.5. The van der Waals surface area contributed by atoms with Crippen LogP contribution in [-0.2, 0) is 33.2 Å². The maximum Gasteiger partial charge on any atom is 0.302 e. The Morgan fingerprint density at radius 3 is 1.62 bits per heavy atom. The van der Waals surface area contributed by atoms with Crippen LogP contribution in [0.2, 0.25) is 0 Å². The number of aliphatic hydroxyl groups is 10. The number of hydrogen-bond acceptors (Lipinski definition) is 17. The molecule has 3 rings (SSSR count). The second-order valence-electron chi connectivity index (χ2n) is 8.95. The molecule has 216 valence electrons. The molecule has 1 unspecified atom stereocenters. The SMILES string of the molecule is CC(=O)OC[C@H]1O[C@H](O[C@H]2[C@H](O[C@@H]3O[C@H](CO)[C@@H](O)[C@H](O)[C@H]3O)[C@@H](CO)OC(O)[C@@H]2O)[C@@H](O)[C@@H](O)[C@@H]1O. The first kappa shape index (κ1) is 30.4. The molecular formula is C20H34O17. The molecule has 15 atom stereocenters. The molecule has 0 aromatic heterocycles. The lowest BCUT2D eigenvalue weighted by molar-refractivity contribution is -0.383. The molecule has 0 amide bonds. The summed E-state index contributed by atoms with van der Waals surface area (Å²) in [4.78, 5) is 11.1. The summed E-state index contributed by atoms with van der Waals surface area (Å²) in [5.41, 5.74) is 0. The van der Waals surface area contributed by atoms with Gasteiger partial charge in [0.05, 0.1) is 13.2 Å². The lowest BCUT2D eigenvalue weighted by atomic mass is 9.96. The normalized spacial score (nSPS) is 49.0. The number of hydrogen-bond donors (Lipinski definition) is 10. The Morgan fingerprint density at radius 1 is 0.622 bits per heavy atom. The van der Waals surface area contributed by atoms with Gasteiger partial charge in [-0.1, -0.05) is 0 Å². The minimum absolute atomic E-state index is 0.539. The summed E-state index contributed by atoms with van der Waals surface area (Å²) >= 11 is 0. The van der Waals surface area contributed by atoms with Crippen LogP contribution in [0.15, 0.2) is 0 Å². The number of carbonyl (C=O) groups is 1. The van der Waals surface area contributed by atoms with Crippen molar-refractivity contribution in [2.24, 2.45) is 0 Å². The third-order valence-corrected chi connectivity index (χ3v) is 6.36. The third-order valence-electron chi connectivity index (χ3n) is 6.36. The molecule has 17 heteroatoms. The number of ether oxygens (including phenoxy) is 6.